The Bertz CT molecular complexity index is 777. The number of carbonyl (C=O) groups is 1. The number of esters is 1. The number of methoxy groups -OCH3 is 3. The fraction of sp³-hybridized carbons (Fsp3) is 0.409. The molecule has 0 aromatic heterocycles. The second-order valence-electron chi connectivity index (χ2n) is 6.89. The van der Waals surface area contributed by atoms with Gasteiger partial charge in [-0.1, -0.05) is 30.3 Å². The normalized spacial score (nSPS) is 19.7. The predicted molar refractivity (Wildman–Crippen MR) is 104 cm³/mol. The molecule has 0 radical (unpaired) electrons. The summed E-state index contributed by atoms with van der Waals surface area (Å²) in [7, 11) is 4.75. The van der Waals surface area contributed by atoms with Crippen molar-refractivity contribution in [1.29, 1.82) is 0 Å². The highest BCUT2D eigenvalue weighted by atomic mass is 16.5. The van der Waals surface area contributed by atoms with E-state index in [1.54, 1.807) is 14.2 Å². The van der Waals surface area contributed by atoms with Crippen molar-refractivity contribution < 1.29 is 19.0 Å². The average molecular weight is 369 g/mol. The molecule has 1 heterocycles. The number of benzene rings is 2. The number of carbonyl (C=O) groups excluding carboxylic acids is 1. The summed E-state index contributed by atoms with van der Waals surface area (Å²) in [5.41, 5.74) is 1.43. The van der Waals surface area contributed by atoms with E-state index in [9.17, 15) is 4.79 Å². The molecular formula is C22H27NO4. The number of rotatable bonds is 7. The lowest BCUT2D eigenvalue weighted by molar-refractivity contribution is -0.154. The van der Waals surface area contributed by atoms with E-state index in [1.807, 2.05) is 36.4 Å². The molecule has 1 atom stereocenters. The lowest BCUT2D eigenvalue weighted by Crippen LogP contribution is -2.52. The van der Waals surface area contributed by atoms with Crippen molar-refractivity contribution in [1.82, 2.24) is 4.90 Å². The minimum Gasteiger partial charge on any atom is -0.497 e. The predicted octanol–water partition coefficient (Wildman–Crippen LogP) is 3.45. The first-order valence-corrected chi connectivity index (χ1v) is 9.21. The molecule has 0 saturated carbocycles. The molecule has 3 rings (SSSR count). The first kappa shape index (κ1) is 19.2. The molecular weight excluding hydrogens is 342 g/mol. The van der Waals surface area contributed by atoms with Crippen LogP contribution in [0, 0.1) is 0 Å². The highest BCUT2D eigenvalue weighted by molar-refractivity contribution is 5.82. The highest BCUT2D eigenvalue weighted by Gasteiger charge is 2.48. The van der Waals surface area contributed by atoms with Gasteiger partial charge in [-0.25, -0.2) is 0 Å². The Balaban J connectivity index is 1.96. The van der Waals surface area contributed by atoms with Gasteiger partial charge in [0.2, 0.25) is 0 Å². The molecule has 2 aromatic rings. The minimum absolute atomic E-state index is 0.194. The van der Waals surface area contributed by atoms with E-state index < -0.39 is 5.54 Å². The third-order valence-corrected chi connectivity index (χ3v) is 5.38. The molecule has 0 aliphatic carbocycles. The molecule has 27 heavy (non-hydrogen) atoms. The smallest absolute Gasteiger partial charge is 0.326 e. The summed E-state index contributed by atoms with van der Waals surface area (Å²) >= 11 is 0. The van der Waals surface area contributed by atoms with Crippen LogP contribution in [-0.4, -0.2) is 44.3 Å². The Kier molecular flexibility index (Phi) is 6.01. The lowest BCUT2D eigenvalue weighted by Gasteiger charge is -2.36. The summed E-state index contributed by atoms with van der Waals surface area (Å²) in [5.74, 6) is 1.31. The van der Waals surface area contributed by atoms with Crippen LogP contribution < -0.4 is 9.47 Å². The Morgan fingerprint density at radius 3 is 2.52 bits per heavy atom. The molecule has 1 saturated heterocycles. The zero-order valence-corrected chi connectivity index (χ0v) is 16.2. The molecule has 0 spiro atoms. The maximum Gasteiger partial charge on any atom is 0.326 e. The van der Waals surface area contributed by atoms with Crippen molar-refractivity contribution in [2.24, 2.45) is 0 Å². The zero-order valence-electron chi connectivity index (χ0n) is 16.2. The first-order valence-electron chi connectivity index (χ1n) is 9.21. The molecule has 5 heteroatoms. The van der Waals surface area contributed by atoms with E-state index in [1.165, 1.54) is 12.7 Å². The van der Waals surface area contributed by atoms with Crippen LogP contribution in [0.2, 0.25) is 0 Å². The Morgan fingerprint density at radius 2 is 1.85 bits per heavy atom. The van der Waals surface area contributed by atoms with E-state index in [0.717, 1.165) is 36.4 Å². The fourth-order valence-electron chi connectivity index (χ4n) is 4.00. The molecule has 0 amide bonds. The third kappa shape index (κ3) is 3.93. The molecule has 0 unspecified atom stereocenters. The first-order chi connectivity index (χ1) is 13.1. The number of likely N-dealkylation sites (tertiary alicyclic amines) is 1. The Labute approximate surface area is 160 Å². The number of nitrogens with zero attached hydrogens (tertiary/aromatic N) is 1. The molecule has 144 valence electrons. The Morgan fingerprint density at radius 1 is 1.07 bits per heavy atom. The van der Waals surface area contributed by atoms with Crippen molar-refractivity contribution in [2.75, 3.05) is 27.9 Å². The van der Waals surface area contributed by atoms with Crippen LogP contribution in [0.1, 0.15) is 24.0 Å². The average Bonchev–Trinajstić information content (AvgIpc) is 3.11. The molecule has 2 aromatic carbocycles. The van der Waals surface area contributed by atoms with Crippen LogP contribution in [0.5, 0.6) is 11.5 Å². The van der Waals surface area contributed by atoms with Crippen LogP contribution >= 0.6 is 0 Å². The summed E-state index contributed by atoms with van der Waals surface area (Å²) < 4.78 is 16.2. The van der Waals surface area contributed by atoms with Gasteiger partial charge in [-0.2, -0.15) is 0 Å². The van der Waals surface area contributed by atoms with Crippen LogP contribution in [0.15, 0.2) is 48.5 Å². The molecule has 1 fully saturated rings. The largest absolute Gasteiger partial charge is 0.497 e. The van der Waals surface area contributed by atoms with E-state index in [2.05, 4.69) is 17.0 Å². The van der Waals surface area contributed by atoms with Gasteiger partial charge in [-0.15, -0.1) is 0 Å². The third-order valence-electron chi connectivity index (χ3n) is 5.38. The van der Waals surface area contributed by atoms with Crippen LogP contribution in [0.3, 0.4) is 0 Å². The lowest BCUT2D eigenvalue weighted by atomic mass is 9.87. The van der Waals surface area contributed by atoms with Crippen molar-refractivity contribution in [2.45, 2.75) is 31.3 Å². The van der Waals surface area contributed by atoms with Gasteiger partial charge in [-0.3, -0.25) is 9.69 Å². The second-order valence-corrected chi connectivity index (χ2v) is 6.89. The highest BCUT2D eigenvalue weighted by Crippen LogP contribution is 2.38. The second kappa shape index (κ2) is 8.44. The number of hydrogen-bond donors (Lipinski definition) is 0. The standard InChI is InChI=1S/C22H27NO4/c1-25-19-10-11-20(26-2)18(14-19)15-22(21(24)27-3)12-7-13-23(22)16-17-8-5-4-6-9-17/h4-6,8-11,14H,7,12-13,15-16H2,1-3H3/t22-/m1/s1. The summed E-state index contributed by atoms with van der Waals surface area (Å²) in [4.78, 5) is 15.2. The molecule has 1 aliphatic heterocycles. The summed E-state index contributed by atoms with van der Waals surface area (Å²) in [6.45, 7) is 1.57. The van der Waals surface area contributed by atoms with E-state index in [4.69, 9.17) is 14.2 Å². The van der Waals surface area contributed by atoms with Gasteiger partial charge in [0.1, 0.15) is 17.0 Å². The van der Waals surface area contributed by atoms with Crippen molar-refractivity contribution in [3.8, 4) is 11.5 Å². The maximum atomic E-state index is 13.0. The van der Waals surface area contributed by atoms with Crippen molar-refractivity contribution >= 4 is 5.97 Å². The van der Waals surface area contributed by atoms with Gasteiger partial charge >= 0.3 is 5.97 Å². The van der Waals surface area contributed by atoms with Gasteiger partial charge in [0, 0.05) is 18.5 Å². The summed E-state index contributed by atoms with van der Waals surface area (Å²) in [6.07, 6.45) is 2.23. The van der Waals surface area contributed by atoms with Gasteiger partial charge < -0.3 is 14.2 Å². The van der Waals surface area contributed by atoms with E-state index >= 15 is 0 Å². The SMILES string of the molecule is COC(=O)[C@]1(Cc2cc(OC)ccc2OC)CCCN1Cc1ccccc1. The van der Waals surface area contributed by atoms with E-state index in [-0.39, 0.29) is 5.97 Å². The minimum atomic E-state index is -0.704. The van der Waals surface area contributed by atoms with Gasteiger partial charge in [0.15, 0.2) is 0 Å². The summed E-state index contributed by atoms with van der Waals surface area (Å²) in [6, 6.07) is 15.9. The van der Waals surface area contributed by atoms with Gasteiger partial charge in [-0.05, 0) is 43.1 Å². The van der Waals surface area contributed by atoms with E-state index in [0.29, 0.717) is 13.0 Å². The van der Waals surface area contributed by atoms with Gasteiger partial charge in [0.05, 0.1) is 21.3 Å². The molecule has 0 N–H and O–H groups in total. The van der Waals surface area contributed by atoms with Crippen molar-refractivity contribution in [3.63, 3.8) is 0 Å². The molecule has 1 aliphatic rings. The number of hydrogen-bond acceptors (Lipinski definition) is 5. The Hall–Kier alpha value is -2.53. The quantitative estimate of drug-likeness (QED) is 0.700. The monoisotopic (exact) mass is 369 g/mol. The van der Waals surface area contributed by atoms with Crippen LogP contribution in [0.4, 0.5) is 0 Å². The molecule has 5 nitrogen and oxygen atoms in total. The van der Waals surface area contributed by atoms with Crippen molar-refractivity contribution in [3.05, 3.63) is 59.7 Å². The maximum absolute atomic E-state index is 13.0. The summed E-state index contributed by atoms with van der Waals surface area (Å²) in [5, 5.41) is 0. The van der Waals surface area contributed by atoms with Crippen LogP contribution in [0.25, 0.3) is 0 Å². The topological polar surface area (TPSA) is 48.0 Å². The van der Waals surface area contributed by atoms with Crippen LogP contribution in [-0.2, 0) is 22.5 Å². The molecule has 0 bridgehead atoms. The number of ether oxygens (including phenoxy) is 3. The zero-order chi connectivity index (χ0) is 19.3. The van der Waals surface area contributed by atoms with Gasteiger partial charge in [0.25, 0.3) is 0 Å². The fourth-order valence-corrected chi connectivity index (χ4v) is 4.00.